The molecule has 0 saturated carbocycles. The van der Waals surface area contributed by atoms with E-state index in [-0.39, 0.29) is 0 Å². The monoisotopic (exact) mass is 214 g/mol. The Kier molecular flexibility index (Phi) is 2.29. The lowest BCUT2D eigenvalue weighted by Crippen LogP contribution is -1.90. The van der Waals surface area contributed by atoms with Crippen LogP contribution in [-0.4, -0.2) is 0 Å². The van der Waals surface area contributed by atoms with E-state index in [1.807, 2.05) is 0 Å². The summed E-state index contributed by atoms with van der Waals surface area (Å²) in [6, 6.07) is 5.46. The van der Waals surface area contributed by atoms with Crippen LogP contribution in [-0.2, 0) is 0 Å². The predicted octanol–water partition coefficient (Wildman–Crippen LogP) is 3.83. The summed E-state index contributed by atoms with van der Waals surface area (Å²) in [6.45, 7) is 0. The van der Waals surface area contributed by atoms with Crippen molar-refractivity contribution in [3.8, 4) is 10.4 Å². The van der Waals surface area contributed by atoms with Gasteiger partial charge in [-0.15, -0.1) is 11.3 Å². The highest BCUT2D eigenvalue weighted by molar-refractivity contribution is 7.13. The van der Waals surface area contributed by atoms with E-state index >= 15 is 0 Å². The van der Waals surface area contributed by atoms with Crippen LogP contribution in [0.3, 0.4) is 0 Å². The Morgan fingerprint density at radius 1 is 1.00 bits per heavy atom. The molecule has 2 rings (SSSR count). The Balaban J connectivity index is 2.57. The molecule has 0 N–H and O–H groups in total. The molecule has 1 aromatic heterocycles. The zero-order valence-corrected chi connectivity index (χ0v) is 7.75. The highest BCUT2D eigenvalue weighted by Gasteiger charge is 2.11. The van der Waals surface area contributed by atoms with Gasteiger partial charge in [0, 0.05) is 4.88 Å². The Bertz CT molecular complexity index is 425. The Morgan fingerprint density at radius 3 is 2.14 bits per heavy atom. The summed E-state index contributed by atoms with van der Waals surface area (Å²) in [7, 11) is 0. The lowest BCUT2D eigenvalue weighted by atomic mass is 10.2. The van der Waals surface area contributed by atoms with E-state index in [1.165, 1.54) is 11.3 Å². The maximum atomic E-state index is 12.8. The highest BCUT2D eigenvalue weighted by atomic mass is 32.1. The molecule has 0 nitrogen and oxygen atoms in total. The highest BCUT2D eigenvalue weighted by Crippen LogP contribution is 2.27. The van der Waals surface area contributed by atoms with Crippen LogP contribution in [0.25, 0.3) is 10.4 Å². The summed E-state index contributed by atoms with van der Waals surface area (Å²) in [5.41, 5.74) is 0.358. The molecule has 0 aliphatic carbocycles. The second kappa shape index (κ2) is 3.46. The summed E-state index contributed by atoms with van der Waals surface area (Å²) < 4.78 is 38.2. The van der Waals surface area contributed by atoms with Gasteiger partial charge in [0.15, 0.2) is 17.5 Å². The lowest BCUT2D eigenvalue weighted by molar-refractivity contribution is 0.448. The quantitative estimate of drug-likeness (QED) is 0.633. The van der Waals surface area contributed by atoms with Crippen molar-refractivity contribution in [2.45, 2.75) is 0 Å². The molecular formula is C10H5F3S. The Hall–Kier alpha value is -1.29. The van der Waals surface area contributed by atoms with Gasteiger partial charge in [-0.3, -0.25) is 0 Å². The van der Waals surface area contributed by atoms with Gasteiger partial charge in [0.25, 0.3) is 0 Å². The maximum Gasteiger partial charge on any atom is 0.194 e. The molecule has 0 unspecified atom stereocenters. The molecule has 0 fully saturated rings. The Labute approximate surface area is 82.6 Å². The first-order valence-corrected chi connectivity index (χ1v) is 4.75. The molecule has 0 radical (unpaired) electrons. The van der Waals surface area contributed by atoms with Crippen molar-refractivity contribution in [1.82, 2.24) is 0 Å². The first kappa shape index (κ1) is 9.27. The fraction of sp³-hybridized carbons (Fsp3) is 0. The third-order valence-corrected chi connectivity index (χ3v) is 2.71. The van der Waals surface area contributed by atoms with Crippen LogP contribution in [0, 0.1) is 17.5 Å². The molecule has 0 spiro atoms. The summed E-state index contributed by atoms with van der Waals surface area (Å²) in [4.78, 5) is 0.711. The summed E-state index contributed by atoms with van der Waals surface area (Å²) >= 11 is 1.34. The van der Waals surface area contributed by atoms with E-state index in [1.54, 1.807) is 17.5 Å². The minimum Gasteiger partial charge on any atom is -0.204 e. The number of halogens is 3. The molecule has 0 saturated heterocycles. The van der Waals surface area contributed by atoms with Crippen molar-refractivity contribution in [2.75, 3.05) is 0 Å². The molecule has 0 atom stereocenters. The van der Waals surface area contributed by atoms with Crippen LogP contribution in [0.1, 0.15) is 0 Å². The van der Waals surface area contributed by atoms with E-state index < -0.39 is 17.5 Å². The molecule has 1 heterocycles. The van der Waals surface area contributed by atoms with Crippen LogP contribution in [0.5, 0.6) is 0 Å². The molecule has 0 bridgehead atoms. The average Bonchev–Trinajstić information content (AvgIpc) is 2.66. The SMILES string of the molecule is Fc1cc(-c2cccs2)cc(F)c1F. The van der Waals surface area contributed by atoms with Crippen LogP contribution >= 0.6 is 11.3 Å². The molecule has 72 valence electrons. The smallest absolute Gasteiger partial charge is 0.194 e. The standard InChI is InChI=1S/C10H5F3S/c11-7-4-6(5-8(12)10(7)13)9-2-1-3-14-9/h1-5H. The number of benzene rings is 1. The number of hydrogen-bond donors (Lipinski definition) is 0. The van der Waals surface area contributed by atoms with Gasteiger partial charge >= 0.3 is 0 Å². The van der Waals surface area contributed by atoms with Gasteiger partial charge in [-0.1, -0.05) is 6.07 Å². The number of thiophene rings is 1. The fourth-order valence-corrected chi connectivity index (χ4v) is 1.86. The van der Waals surface area contributed by atoms with Gasteiger partial charge in [-0.25, -0.2) is 13.2 Å². The zero-order chi connectivity index (χ0) is 10.1. The number of rotatable bonds is 1. The molecule has 2 aromatic rings. The third kappa shape index (κ3) is 1.53. The van der Waals surface area contributed by atoms with Gasteiger partial charge in [0.2, 0.25) is 0 Å². The van der Waals surface area contributed by atoms with E-state index in [0.717, 1.165) is 12.1 Å². The van der Waals surface area contributed by atoms with Crippen molar-refractivity contribution in [2.24, 2.45) is 0 Å². The number of hydrogen-bond acceptors (Lipinski definition) is 1. The molecule has 0 aliphatic heterocycles. The molecule has 4 heteroatoms. The van der Waals surface area contributed by atoms with Crippen LogP contribution in [0.2, 0.25) is 0 Å². The van der Waals surface area contributed by atoms with Gasteiger partial charge in [-0.05, 0) is 29.1 Å². The Morgan fingerprint density at radius 2 is 1.64 bits per heavy atom. The first-order valence-electron chi connectivity index (χ1n) is 3.87. The molecule has 0 aliphatic rings. The summed E-state index contributed by atoms with van der Waals surface area (Å²) in [6.07, 6.45) is 0. The minimum atomic E-state index is -1.43. The summed E-state index contributed by atoms with van der Waals surface area (Å²) in [5, 5.41) is 1.79. The first-order chi connectivity index (χ1) is 6.68. The molecular weight excluding hydrogens is 209 g/mol. The second-order valence-electron chi connectivity index (χ2n) is 2.73. The van der Waals surface area contributed by atoms with Gasteiger partial charge < -0.3 is 0 Å². The van der Waals surface area contributed by atoms with Crippen molar-refractivity contribution >= 4 is 11.3 Å². The largest absolute Gasteiger partial charge is 0.204 e. The maximum absolute atomic E-state index is 12.8. The molecule has 14 heavy (non-hydrogen) atoms. The zero-order valence-electron chi connectivity index (χ0n) is 6.93. The molecule has 1 aromatic carbocycles. The van der Waals surface area contributed by atoms with Gasteiger partial charge in [0.1, 0.15) is 0 Å². The average molecular weight is 214 g/mol. The van der Waals surface area contributed by atoms with E-state index in [9.17, 15) is 13.2 Å². The normalized spacial score (nSPS) is 10.5. The fourth-order valence-electron chi connectivity index (χ4n) is 1.14. The topological polar surface area (TPSA) is 0 Å². The van der Waals surface area contributed by atoms with Crippen molar-refractivity contribution < 1.29 is 13.2 Å². The van der Waals surface area contributed by atoms with Crippen LogP contribution in [0.4, 0.5) is 13.2 Å². The van der Waals surface area contributed by atoms with E-state index in [2.05, 4.69) is 0 Å². The van der Waals surface area contributed by atoms with Crippen molar-refractivity contribution in [1.29, 1.82) is 0 Å². The third-order valence-electron chi connectivity index (χ3n) is 1.79. The van der Waals surface area contributed by atoms with Gasteiger partial charge in [0.05, 0.1) is 0 Å². The second-order valence-corrected chi connectivity index (χ2v) is 3.68. The van der Waals surface area contributed by atoms with Crippen LogP contribution < -0.4 is 0 Å². The summed E-state index contributed by atoms with van der Waals surface area (Å²) in [5.74, 6) is -3.74. The van der Waals surface area contributed by atoms with Crippen molar-refractivity contribution in [3.05, 3.63) is 47.1 Å². The van der Waals surface area contributed by atoms with Crippen molar-refractivity contribution in [3.63, 3.8) is 0 Å². The molecule has 0 amide bonds. The lowest BCUT2D eigenvalue weighted by Gasteiger charge is -1.99. The predicted molar refractivity (Wildman–Crippen MR) is 49.6 cm³/mol. The minimum absolute atomic E-state index is 0.358. The van der Waals surface area contributed by atoms with Gasteiger partial charge in [-0.2, -0.15) is 0 Å². The van der Waals surface area contributed by atoms with E-state index in [0.29, 0.717) is 10.4 Å². The van der Waals surface area contributed by atoms with Crippen LogP contribution in [0.15, 0.2) is 29.6 Å². The van der Waals surface area contributed by atoms with E-state index in [4.69, 9.17) is 0 Å².